The second kappa shape index (κ2) is 9.79. The molecule has 0 saturated carbocycles. The summed E-state index contributed by atoms with van der Waals surface area (Å²) in [6.45, 7) is 13.0. The molecule has 9 nitrogen and oxygen atoms in total. The minimum Gasteiger partial charge on any atom is -0.347 e. The smallest absolute Gasteiger partial charge is 0.268 e. The number of anilines is 1. The number of rotatable bonds is 7. The molecule has 1 aliphatic heterocycles. The molecule has 182 valence electrons. The Morgan fingerprint density at radius 1 is 1.28 bits per heavy atom. The van der Waals surface area contributed by atoms with Crippen LogP contribution >= 0.6 is 11.3 Å². The summed E-state index contributed by atoms with van der Waals surface area (Å²) in [4.78, 5) is 37.1. The fraction of sp³-hybridized carbons (Fsp3) is 0.269. The van der Waals surface area contributed by atoms with Crippen LogP contribution in [-0.4, -0.2) is 49.6 Å². The number of amides is 2. The van der Waals surface area contributed by atoms with Crippen LogP contribution in [-0.2, 0) is 11.3 Å². The molecule has 0 bridgehead atoms. The van der Waals surface area contributed by atoms with Gasteiger partial charge in [0, 0.05) is 42.2 Å². The standard InChI is InChI=1S/C26H25N7O2S/c1-16(2)10-20(27-3)25(35)32-13-17(14-32)15-33-21-7-5-4-6-19(21)30-26(33)31-24(34)23-9-8-22(36-23)18-11-28-29-12-18/h4-12,16-17H,13-15H2,1-2H3,(H,28,29)(H,30,31,34)/b20-10-. The highest BCUT2D eigenvalue weighted by molar-refractivity contribution is 7.17. The summed E-state index contributed by atoms with van der Waals surface area (Å²) in [6, 6.07) is 11.4. The second-order valence-corrected chi connectivity index (χ2v) is 10.2. The number of carbonyl (C=O) groups excluding carboxylic acids is 2. The van der Waals surface area contributed by atoms with E-state index in [0.717, 1.165) is 21.5 Å². The van der Waals surface area contributed by atoms with E-state index in [9.17, 15) is 9.59 Å². The number of aromatic amines is 1. The second-order valence-electron chi connectivity index (χ2n) is 9.12. The first kappa shape index (κ1) is 23.5. The Morgan fingerprint density at radius 3 is 2.81 bits per heavy atom. The van der Waals surface area contributed by atoms with Gasteiger partial charge in [0.1, 0.15) is 0 Å². The summed E-state index contributed by atoms with van der Waals surface area (Å²) in [6.07, 6.45) is 5.22. The van der Waals surface area contributed by atoms with Crippen LogP contribution in [0.4, 0.5) is 5.95 Å². The highest BCUT2D eigenvalue weighted by Crippen LogP contribution is 2.29. The van der Waals surface area contributed by atoms with E-state index < -0.39 is 0 Å². The van der Waals surface area contributed by atoms with Gasteiger partial charge < -0.3 is 9.47 Å². The molecule has 5 rings (SSSR count). The highest BCUT2D eigenvalue weighted by atomic mass is 32.1. The lowest BCUT2D eigenvalue weighted by molar-refractivity contribution is -0.133. The molecule has 4 aromatic rings. The van der Waals surface area contributed by atoms with Gasteiger partial charge in [0.15, 0.2) is 0 Å². The van der Waals surface area contributed by atoms with Crippen LogP contribution in [0, 0.1) is 18.4 Å². The lowest BCUT2D eigenvalue weighted by Gasteiger charge is -2.39. The van der Waals surface area contributed by atoms with Gasteiger partial charge in [0.05, 0.1) is 28.7 Å². The topological polar surface area (TPSA) is 100 Å². The summed E-state index contributed by atoms with van der Waals surface area (Å²) >= 11 is 1.39. The summed E-state index contributed by atoms with van der Waals surface area (Å²) in [5.41, 5.74) is 2.82. The molecule has 1 fully saturated rings. The summed E-state index contributed by atoms with van der Waals surface area (Å²) in [5, 5.41) is 9.73. The number of allylic oxidation sites excluding steroid dienone is 1. The fourth-order valence-corrected chi connectivity index (χ4v) is 5.15. The van der Waals surface area contributed by atoms with Crippen molar-refractivity contribution in [3.63, 3.8) is 0 Å². The predicted molar refractivity (Wildman–Crippen MR) is 139 cm³/mol. The summed E-state index contributed by atoms with van der Waals surface area (Å²) in [5.74, 6) is 0.369. The molecule has 0 spiro atoms. The van der Waals surface area contributed by atoms with Gasteiger partial charge in [-0.2, -0.15) is 5.10 Å². The highest BCUT2D eigenvalue weighted by Gasteiger charge is 2.33. The van der Waals surface area contributed by atoms with Gasteiger partial charge in [-0.05, 0) is 30.2 Å². The molecule has 1 saturated heterocycles. The van der Waals surface area contributed by atoms with E-state index in [1.165, 1.54) is 11.3 Å². The van der Waals surface area contributed by atoms with Crippen molar-refractivity contribution in [2.45, 2.75) is 20.4 Å². The summed E-state index contributed by atoms with van der Waals surface area (Å²) in [7, 11) is 0. The van der Waals surface area contributed by atoms with E-state index in [2.05, 4.69) is 25.3 Å². The maximum absolute atomic E-state index is 13.1. The van der Waals surface area contributed by atoms with Crippen molar-refractivity contribution in [2.24, 2.45) is 11.8 Å². The predicted octanol–water partition coefficient (Wildman–Crippen LogP) is 4.66. The van der Waals surface area contributed by atoms with Crippen LogP contribution in [0.2, 0.25) is 0 Å². The van der Waals surface area contributed by atoms with E-state index in [4.69, 9.17) is 6.57 Å². The Labute approximate surface area is 212 Å². The zero-order chi connectivity index (χ0) is 25.2. The number of carbonyl (C=O) groups is 2. The molecule has 10 heteroatoms. The van der Waals surface area contributed by atoms with Crippen molar-refractivity contribution in [3.05, 3.63) is 76.9 Å². The molecule has 4 heterocycles. The van der Waals surface area contributed by atoms with Gasteiger partial charge in [0.25, 0.3) is 11.8 Å². The Balaban J connectivity index is 1.32. The van der Waals surface area contributed by atoms with Gasteiger partial charge in [-0.1, -0.05) is 32.1 Å². The van der Waals surface area contributed by atoms with E-state index in [0.29, 0.717) is 30.5 Å². The van der Waals surface area contributed by atoms with Gasteiger partial charge >= 0.3 is 0 Å². The van der Waals surface area contributed by atoms with Crippen molar-refractivity contribution in [1.82, 2.24) is 24.6 Å². The van der Waals surface area contributed by atoms with Gasteiger partial charge in [-0.25, -0.2) is 9.83 Å². The molecule has 1 aliphatic rings. The van der Waals surface area contributed by atoms with Gasteiger partial charge in [-0.15, -0.1) is 11.3 Å². The molecule has 0 aliphatic carbocycles. The van der Waals surface area contributed by atoms with Crippen LogP contribution in [0.5, 0.6) is 0 Å². The molecule has 36 heavy (non-hydrogen) atoms. The molecule has 0 unspecified atom stereocenters. The molecule has 2 N–H and O–H groups in total. The molecular formula is C26H25N7O2S. The Morgan fingerprint density at radius 2 is 2.08 bits per heavy atom. The van der Waals surface area contributed by atoms with Crippen LogP contribution in [0.1, 0.15) is 23.5 Å². The average molecular weight is 500 g/mol. The third-order valence-electron chi connectivity index (χ3n) is 6.01. The normalized spacial score (nSPS) is 14.2. The van der Waals surface area contributed by atoms with E-state index in [1.54, 1.807) is 29.4 Å². The Hall–Kier alpha value is -4.23. The maximum Gasteiger partial charge on any atom is 0.268 e. The molecule has 2 amide bonds. The number of imidazole rings is 1. The number of thiophene rings is 1. The van der Waals surface area contributed by atoms with Crippen molar-refractivity contribution < 1.29 is 9.59 Å². The summed E-state index contributed by atoms with van der Waals surface area (Å²) < 4.78 is 2.00. The quantitative estimate of drug-likeness (QED) is 0.285. The zero-order valence-corrected chi connectivity index (χ0v) is 20.7. The third kappa shape index (κ3) is 4.65. The lowest BCUT2D eigenvalue weighted by Crippen LogP contribution is -2.51. The number of nitrogens with zero attached hydrogens (tertiary/aromatic N) is 5. The van der Waals surface area contributed by atoms with Gasteiger partial charge in [0.2, 0.25) is 11.6 Å². The van der Waals surface area contributed by atoms with Crippen LogP contribution in [0.25, 0.3) is 26.3 Å². The number of para-hydroxylation sites is 2. The fourth-order valence-electron chi connectivity index (χ4n) is 4.26. The van der Waals surface area contributed by atoms with Crippen molar-refractivity contribution in [2.75, 3.05) is 18.4 Å². The lowest BCUT2D eigenvalue weighted by atomic mass is 9.99. The van der Waals surface area contributed by atoms with Crippen molar-refractivity contribution in [3.8, 4) is 10.4 Å². The van der Waals surface area contributed by atoms with Gasteiger partial charge in [-0.3, -0.25) is 20.0 Å². The minimum atomic E-state index is -0.225. The number of nitrogens with one attached hydrogen (secondary N) is 2. The first-order valence-electron chi connectivity index (χ1n) is 11.7. The average Bonchev–Trinajstić information content (AvgIpc) is 3.59. The van der Waals surface area contributed by atoms with Crippen LogP contribution in [0.15, 0.2) is 60.6 Å². The first-order chi connectivity index (χ1) is 17.4. The molecular weight excluding hydrogens is 474 g/mol. The maximum atomic E-state index is 13.1. The van der Waals surface area contributed by atoms with E-state index in [-0.39, 0.29) is 29.3 Å². The van der Waals surface area contributed by atoms with Crippen LogP contribution in [0.3, 0.4) is 0 Å². The molecule has 0 radical (unpaired) electrons. The number of aromatic nitrogens is 4. The van der Waals surface area contributed by atoms with E-state index >= 15 is 0 Å². The SMILES string of the molecule is [C-]#[N+]/C(=C\C(C)C)C(=O)N1CC(Cn2c(NC(=O)c3ccc(-c4cn[nH]c4)s3)nc3ccccc32)C1. The minimum absolute atomic E-state index is 0.137. The number of benzene rings is 1. The first-order valence-corrected chi connectivity index (χ1v) is 12.5. The number of hydrogen-bond acceptors (Lipinski definition) is 5. The van der Waals surface area contributed by atoms with Crippen molar-refractivity contribution >= 4 is 40.1 Å². The Kier molecular flexibility index (Phi) is 6.40. The number of H-pyrrole nitrogens is 1. The monoisotopic (exact) mass is 499 g/mol. The van der Waals surface area contributed by atoms with Crippen molar-refractivity contribution in [1.29, 1.82) is 0 Å². The molecule has 1 aromatic carbocycles. The number of hydrogen-bond donors (Lipinski definition) is 2. The largest absolute Gasteiger partial charge is 0.347 e. The molecule has 0 atom stereocenters. The molecule has 3 aromatic heterocycles. The zero-order valence-electron chi connectivity index (χ0n) is 19.9. The number of fused-ring (bicyclic) bond motifs is 1. The Bertz CT molecular complexity index is 1480. The van der Waals surface area contributed by atoms with E-state index in [1.807, 2.05) is 48.7 Å². The number of likely N-dealkylation sites (tertiary alicyclic amines) is 1. The third-order valence-corrected chi connectivity index (χ3v) is 7.14. The van der Waals surface area contributed by atoms with Crippen LogP contribution < -0.4 is 5.32 Å².